The predicted molar refractivity (Wildman–Crippen MR) is 110 cm³/mol. The van der Waals surface area contributed by atoms with Gasteiger partial charge in [0, 0.05) is 18.7 Å². The van der Waals surface area contributed by atoms with Crippen molar-refractivity contribution in [2.24, 2.45) is 10.7 Å². The Bertz CT molecular complexity index is 740. The average molecular weight is 368 g/mol. The molecule has 1 amide bonds. The second-order valence-corrected chi connectivity index (χ2v) is 6.22. The van der Waals surface area contributed by atoms with Crippen molar-refractivity contribution in [3.05, 3.63) is 59.7 Å². The van der Waals surface area contributed by atoms with E-state index in [0.29, 0.717) is 25.5 Å². The van der Waals surface area contributed by atoms with E-state index in [1.165, 1.54) is 5.56 Å². The molecule has 0 unspecified atom stereocenters. The van der Waals surface area contributed by atoms with Crippen LogP contribution in [0.3, 0.4) is 0 Å². The lowest BCUT2D eigenvalue weighted by atomic mass is 10.1. The van der Waals surface area contributed by atoms with Crippen LogP contribution in [0.1, 0.15) is 30.9 Å². The number of ether oxygens (including phenoxy) is 1. The molecule has 0 heterocycles. The number of guanidine groups is 1. The number of carbonyl (C=O) groups excluding carboxylic acids is 1. The summed E-state index contributed by atoms with van der Waals surface area (Å²) in [6.07, 6.45) is 2.22. The summed E-state index contributed by atoms with van der Waals surface area (Å²) in [5, 5.41) is 5.99. The molecule has 0 aliphatic carbocycles. The van der Waals surface area contributed by atoms with E-state index in [4.69, 9.17) is 10.5 Å². The van der Waals surface area contributed by atoms with Crippen molar-refractivity contribution in [1.82, 2.24) is 5.32 Å². The number of nitrogens with zero attached hydrogens (tertiary/aromatic N) is 1. The fraction of sp³-hybridized carbons (Fsp3) is 0.333. The lowest BCUT2D eigenvalue weighted by molar-refractivity contribution is -0.116. The number of hydrogen-bond acceptors (Lipinski definition) is 3. The monoisotopic (exact) mass is 368 g/mol. The number of hydrogen-bond donors (Lipinski definition) is 3. The minimum absolute atomic E-state index is 0.0357. The van der Waals surface area contributed by atoms with Gasteiger partial charge in [-0.2, -0.15) is 0 Å². The highest BCUT2D eigenvalue weighted by atomic mass is 16.5. The van der Waals surface area contributed by atoms with Crippen LogP contribution in [0.5, 0.6) is 5.75 Å². The summed E-state index contributed by atoms with van der Waals surface area (Å²) in [4.78, 5) is 15.9. The fourth-order valence-electron chi connectivity index (χ4n) is 2.50. The lowest BCUT2D eigenvalue weighted by Gasteiger charge is -2.07. The van der Waals surface area contributed by atoms with Gasteiger partial charge in [-0.3, -0.25) is 4.79 Å². The SMILES string of the molecule is CCCC(=O)Nc1ccc(CN=C(N)NCCc2ccc(OC)cc2)cc1. The van der Waals surface area contributed by atoms with Crippen LogP contribution in [-0.4, -0.2) is 25.5 Å². The summed E-state index contributed by atoms with van der Waals surface area (Å²) < 4.78 is 5.15. The lowest BCUT2D eigenvalue weighted by Crippen LogP contribution is -2.33. The zero-order chi connectivity index (χ0) is 19.5. The maximum absolute atomic E-state index is 11.6. The summed E-state index contributed by atoms with van der Waals surface area (Å²) >= 11 is 0. The molecule has 2 aromatic rings. The smallest absolute Gasteiger partial charge is 0.224 e. The predicted octanol–water partition coefficient (Wildman–Crippen LogP) is 3.08. The zero-order valence-electron chi connectivity index (χ0n) is 16.0. The molecule has 0 aliphatic heterocycles. The summed E-state index contributed by atoms with van der Waals surface area (Å²) in [5.74, 6) is 1.31. The van der Waals surface area contributed by atoms with Gasteiger partial charge in [-0.25, -0.2) is 4.99 Å². The number of nitrogens with two attached hydrogens (primary N) is 1. The highest BCUT2D eigenvalue weighted by Gasteiger charge is 2.01. The van der Waals surface area contributed by atoms with Crippen molar-refractivity contribution in [1.29, 1.82) is 0 Å². The minimum Gasteiger partial charge on any atom is -0.497 e. The molecule has 2 aromatic carbocycles. The number of rotatable bonds is 9. The van der Waals surface area contributed by atoms with Crippen LogP contribution in [-0.2, 0) is 17.8 Å². The Morgan fingerprint density at radius 3 is 2.37 bits per heavy atom. The van der Waals surface area contributed by atoms with E-state index in [1.54, 1.807) is 7.11 Å². The molecule has 6 nitrogen and oxygen atoms in total. The normalized spacial score (nSPS) is 11.1. The van der Waals surface area contributed by atoms with Crippen LogP contribution >= 0.6 is 0 Å². The van der Waals surface area contributed by atoms with Gasteiger partial charge in [-0.15, -0.1) is 0 Å². The second-order valence-electron chi connectivity index (χ2n) is 6.22. The van der Waals surface area contributed by atoms with Crippen LogP contribution in [0.25, 0.3) is 0 Å². The Morgan fingerprint density at radius 2 is 1.74 bits per heavy atom. The first-order valence-corrected chi connectivity index (χ1v) is 9.16. The van der Waals surface area contributed by atoms with E-state index >= 15 is 0 Å². The molecule has 0 atom stereocenters. The molecule has 6 heteroatoms. The molecule has 0 aromatic heterocycles. The number of amides is 1. The van der Waals surface area contributed by atoms with Gasteiger partial charge in [0.05, 0.1) is 13.7 Å². The van der Waals surface area contributed by atoms with Crippen molar-refractivity contribution < 1.29 is 9.53 Å². The number of aliphatic imine (C=N–C) groups is 1. The molecule has 0 bridgehead atoms. The Labute approximate surface area is 160 Å². The van der Waals surface area contributed by atoms with Gasteiger partial charge in [-0.05, 0) is 48.2 Å². The molecule has 4 N–H and O–H groups in total. The molecule has 0 fully saturated rings. The van der Waals surface area contributed by atoms with Crippen LogP contribution in [0.4, 0.5) is 5.69 Å². The summed E-state index contributed by atoms with van der Waals surface area (Å²) in [7, 11) is 1.66. The first-order valence-electron chi connectivity index (χ1n) is 9.16. The van der Waals surface area contributed by atoms with Gasteiger partial charge in [0.15, 0.2) is 5.96 Å². The van der Waals surface area contributed by atoms with Crippen molar-refractivity contribution >= 4 is 17.6 Å². The zero-order valence-corrected chi connectivity index (χ0v) is 16.0. The van der Waals surface area contributed by atoms with E-state index < -0.39 is 0 Å². The first kappa shape index (κ1) is 20.3. The van der Waals surface area contributed by atoms with E-state index in [-0.39, 0.29) is 5.91 Å². The number of methoxy groups -OCH3 is 1. The maximum Gasteiger partial charge on any atom is 0.224 e. The van der Waals surface area contributed by atoms with E-state index in [1.807, 2.05) is 55.5 Å². The molecule has 27 heavy (non-hydrogen) atoms. The molecular weight excluding hydrogens is 340 g/mol. The van der Waals surface area contributed by atoms with Crippen molar-refractivity contribution in [2.75, 3.05) is 19.0 Å². The Hall–Kier alpha value is -3.02. The molecule has 144 valence electrons. The Kier molecular flexibility index (Phi) is 8.16. The van der Waals surface area contributed by atoms with Gasteiger partial charge in [0.1, 0.15) is 5.75 Å². The highest BCUT2D eigenvalue weighted by Crippen LogP contribution is 2.12. The third-order valence-electron chi connectivity index (χ3n) is 4.03. The maximum atomic E-state index is 11.6. The standard InChI is InChI=1S/C21H28N4O2/c1-3-4-20(26)25-18-9-5-17(6-10-18)15-24-21(22)23-14-13-16-7-11-19(27-2)12-8-16/h5-12H,3-4,13-15H2,1-2H3,(H,25,26)(H3,22,23,24). The Morgan fingerprint density at radius 1 is 1.07 bits per heavy atom. The topological polar surface area (TPSA) is 88.7 Å². The molecule has 0 radical (unpaired) electrons. The first-order chi connectivity index (χ1) is 13.1. The number of anilines is 1. The molecule has 0 spiro atoms. The van der Waals surface area contributed by atoms with Crippen molar-refractivity contribution in [3.8, 4) is 5.75 Å². The van der Waals surface area contributed by atoms with Gasteiger partial charge >= 0.3 is 0 Å². The van der Waals surface area contributed by atoms with Crippen LogP contribution in [0, 0.1) is 0 Å². The van der Waals surface area contributed by atoms with Gasteiger partial charge in [0.2, 0.25) is 5.91 Å². The van der Waals surface area contributed by atoms with Gasteiger partial charge in [-0.1, -0.05) is 31.2 Å². The van der Waals surface area contributed by atoms with Crippen molar-refractivity contribution in [2.45, 2.75) is 32.7 Å². The summed E-state index contributed by atoms with van der Waals surface area (Å²) in [5.41, 5.74) is 8.96. The molecule has 0 saturated carbocycles. The van der Waals surface area contributed by atoms with Gasteiger partial charge in [0.25, 0.3) is 0 Å². The molecule has 2 rings (SSSR count). The molecule has 0 saturated heterocycles. The largest absolute Gasteiger partial charge is 0.497 e. The highest BCUT2D eigenvalue weighted by molar-refractivity contribution is 5.90. The number of benzene rings is 2. The van der Waals surface area contributed by atoms with Crippen LogP contribution in [0.15, 0.2) is 53.5 Å². The fourth-order valence-corrected chi connectivity index (χ4v) is 2.50. The molecular formula is C21H28N4O2. The summed E-state index contributed by atoms with van der Waals surface area (Å²) in [6, 6.07) is 15.6. The van der Waals surface area contributed by atoms with Crippen LogP contribution < -0.4 is 21.1 Å². The van der Waals surface area contributed by atoms with E-state index in [2.05, 4.69) is 15.6 Å². The van der Waals surface area contributed by atoms with Crippen LogP contribution in [0.2, 0.25) is 0 Å². The summed E-state index contributed by atoms with van der Waals surface area (Å²) in [6.45, 7) is 3.19. The second kappa shape index (κ2) is 10.9. The number of carbonyl (C=O) groups is 1. The van der Waals surface area contributed by atoms with E-state index in [9.17, 15) is 4.79 Å². The van der Waals surface area contributed by atoms with Crippen molar-refractivity contribution in [3.63, 3.8) is 0 Å². The third-order valence-corrected chi connectivity index (χ3v) is 4.03. The quantitative estimate of drug-likeness (QED) is 0.469. The van der Waals surface area contributed by atoms with Gasteiger partial charge < -0.3 is 21.1 Å². The molecule has 0 aliphatic rings. The Balaban J connectivity index is 1.74. The third kappa shape index (κ3) is 7.40. The van der Waals surface area contributed by atoms with E-state index in [0.717, 1.165) is 29.8 Å². The number of nitrogens with one attached hydrogen (secondary N) is 2. The average Bonchev–Trinajstić information content (AvgIpc) is 2.68. The minimum atomic E-state index is 0.0357.